The number of hydrogen-bond donors (Lipinski definition) is 0. The Balaban J connectivity index is 0. The second-order valence-electron chi connectivity index (χ2n) is 11.0. The molecule has 0 aromatic rings. The Morgan fingerprint density at radius 1 is 0.229 bits per heavy atom. The van der Waals surface area contributed by atoms with Crippen LogP contribution in [0.4, 0.5) is 0 Å². The number of rotatable bonds is 27. The number of hydrogen-bond acceptors (Lipinski definition) is 0. The average molecular weight is 531 g/mol. The quantitative estimate of drug-likeness (QED) is 0.0731. The van der Waals surface area contributed by atoms with Crippen LogP contribution in [0.25, 0.3) is 0 Å². The summed E-state index contributed by atoms with van der Waals surface area (Å²) in [7, 11) is 0.794. The molecule has 0 N–H and O–H groups in total. The van der Waals surface area contributed by atoms with Gasteiger partial charge in [0.15, 0.2) is 0 Å². The largest absolute Gasteiger partial charge is 0.107 e. The zero-order valence-electron chi connectivity index (χ0n) is 26.0. The lowest BCUT2D eigenvalue weighted by molar-refractivity contribution is 0.687. The zero-order chi connectivity index (χ0) is 26.2. The van der Waals surface area contributed by atoms with Crippen LogP contribution in [-0.2, 0) is 0 Å². The molecule has 0 heterocycles. The maximum absolute atomic E-state index is 2.32. The van der Waals surface area contributed by atoms with E-state index in [9.17, 15) is 0 Å². The van der Waals surface area contributed by atoms with E-state index in [1.807, 2.05) is 0 Å². The van der Waals surface area contributed by atoms with Gasteiger partial charge in [-0.2, -0.15) is 0 Å². The van der Waals surface area contributed by atoms with Gasteiger partial charge >= 0.3 is 0 Å². The molecule has 0 amide bonds. The highest BCUT2D eigenvalue weighted by Gasteiger charge is 2.08. The predicted octanol–water partition coefficient (Wildman–Crippen LogP) is 13.2. The number of unbranched alkanes of at least 4 members (excludes halogenated alkanes) is 15. The second kappa shape index (κ2) is 34.9. The van der Waals surface area contributed by atoms with Crippen LogP contribution in [0.5, 0.6) is 0 Å². The molecule has 0 spiro atoms. The molecule has 214 valence electrons. The van der Waals surface area contributed by atoms with Crippen molar-refractivity contribution in [3.8, 4) is 0 Å². The molecule has 0 aromatic heterocycles. The third-order valence-corrected chi connectivity index (χ3v) is 12.9. The van der Waals surface area contributed by atoms with E-state index < -0.39 is 0 Å². The molecule has 2 heteroatoms. The van der Waals surface area contributed by atoms with Crippen molar-refractivity contribution in [2.24, 2.45) is 0 Å². The Morgan fingerprint density at radius 3 is 0.600 bits per heavy atom. The summed E-state index contributed by atoms with van der Waals surface area (Å²) in [6.45, 7) is 13.9. The van der Waals surface area contributed by atoms with E-state index in [1.165, 1.54) is 135 Å². The molecule has 0 saturated heterocycles. The summed E-state index contributed by atoms with van der Waals surface area (Å²) in [6, 6.07) is 0. The molecule has 0 aliphatic rings. The van der Waals surface area contributed by atoms with Crippen LogP contribution < -0.4 is 0 Å². The first-order valence-corrected chi connectivity index (χ1v) is 20.4. The molecular formula is C33H72P2. The monoisotopic (exact) mass is 531 g/mol. The first kappa shape index (κ1) is 38.0. The minimum atomic E-state index is 0.389. The minimum absolute atomic E-state index is 0.389. The molecule has 0 aromatic carbocycles. The maximum atomic E-state index is 2.32. The van der Waals surface area contributed by atoms with Gasteiger partial charge in [0.2, 0.25) is 0 Å². The van der Waals surface area contributed by atoms with E-state index >= 15 is 0 Å². The van der Waals surface area contributed by atoms with Gasteiger partial charge < -0.3 is 0 Å². The van der Waals surface area contributed by atoms with Gasteiger partial charge in [0.25, 0.3) is 0 Å². The van der Waals surface area contributed by atoms with Crippen molar-refractivity contribution in [1.82, 2.24) is 0 Å². The second-order valence-corrected chi connectivity index (χ2v) is 16.4. The Morgan fingerprint density at radius 2 is 0.400 bits per heavy atom. The van der Waals surface area contributed by atoms with Crippen molar-refractivity contribution in [3.63, 3.8) is 0 Å². The van der Waals surface area contributed by atoms with Crippen molar-refractivity contribution in [3.05, 3.63) is 0 Å². The summed E-state index contributed by atoms with van der Waals surface area (Å²) >= 11 is 0. The lowest BCUT2D eigenvalue weighted by Crippen LogP contribution is -1.97. The Labute approximate surface area is 228 Å². The predicted molar refractivity (Wildman–Crippen MR) is 174 cm³/mol. The standard InChI is InChI=1S/C18H39P.C15H33P/c1-4-7-10-13-16-19(17-14-11-8-5-2)18-15-12-9-6-3;1-4-7-10-13-16(14-11-8-5-2)15-12-9-6-3/h4-18H2,1-3H3;4-15H2,1-3H3. The minimum Gasteiger partial charge on any atom is -0.107 e. The normalized spacial score (nSPS) is 11.3. The molecule has 0 aliphatic heterocycles. The summed E-state index contributed by atoms with van der Waals surface area (Å²) in [5, 5.41) is 0. The van der Waals surface area contributed by atoms with Crippen molar-refractivity contribution in [1.29, 1.82) is 0 Å². The van der Waals surface area contributed by atoms with Crippen molar-refractivity contribution < 1.29 is 0 Å². The topological polar surface area (TPSA) is 0 Å². The van der Waals surface area contributed by atoms with E-state index in [-0.39, 0.29) is 0 Å². The molecule has 35 heavy (non-hydrogen) atoms. The van der Waals surface area contributed by atoms with E-state index in [4.69, 9.17) is 0 Å². The van der Waals surface area contributed by atoms with Crippen LogP contribution >= 0.6 is 15.8 Å². The molecule has 0 fully saturated rings. The van der Waals surface area contributed by atoms with Crippen LogP contribution in [0.2, 0.25) is 0 Å². The average Bonchev–Trinajstić information content (AvgIpc) is 2.87. The van der Waals surface area contributed by atoms with Crippen molar-refractivity contribution in [2.75, 3.05) is 37.0 Å². The van der Waals surface area contributed by atoms with Gasteiger partial charge in [-0.15, -0.1) is 15.8 Å². The zero-order valence-corrected chi connectivity index (χ0v) is 27.8. The molecule has 0 radical (unpaired) electrons. The highest BCUT2D eigenvalue weighted by molar-refractivity contribution is 7.57. The fourth-order valence-electron chi connectivity index (χ4n) is 4.71. The maximum Gasteiger partial charge on any atom is -0.0326 e. The molecular weight excluding hydrogens is 458 g/mol. The van der Waals surface area contributed by atoms with Crippen LogP contribution in [0, 0.1) is 0 Å². The van der Waals surface area contributed by atoms with Gasteiger partial charge in [-0.05, 0) is 75.5 Å². The van der Waals surface area contributed by atoms with E-state index in [0.29, 0.717) is 15.8 Å². The first-order valence-electron chi connectivity index (χ1n) is 16.6. The van der Waals surface area contributed by atoms with Gasteiger partial charge in [-0.3, -0.25) is 0 Å². The van der Waals surface area contributed by atoms with Gasteiger partial charge in [0, 0.05) is 0 Å². The van der Waals surface area contributed by atoms with Crippen LogP contribution in [0.1, 0.15) is 176 Å². The lowest BCUT2D eigenvalue weighted by Gasteiger charge is -2.17. The SMILES string of the molecule is CCCCCCP(CCCCCC)CCCCCC.CCCCCP(CCCCC)CCCCC. The summed E-state index contributed by atoms with van der Waals surface area (Å²) < 4.78 is 0. The fraction of sp³-hybridized carbons (Fsp3) is 1.00. The fourth-order valence-corrected chi connectivity index (χ4v) is 10.1. The van der Waals surface area contributed by atoms with E-state index in [0.717, 1.165) is 0 Å². The smallest absolute Gasteiger partial charge is 0.0326 e. The Hall–Kier alpha value is 0.860. The first-order chi connectivity index (χ1) is 17.2. The van der Waals surface area contributed by atoms with Crippen molar-refractivity contribution >= 4 is 15.8 Å². The highest BCUT2D eigenvalue weighted by atomic mass is 31.1. The molecule has 0 rings (SSSR count). The third-order valence-electron chi connectivity index (χ3n) is 7.22. The highest BCUT2D eigenvalue weighted by Crippen LogP contribution is 2.40. The van der Waals surface area contributed by atoms with Crippen LogP contribution in [0.3, 0.4) is 0 Å². The van der Waals surface area contributed by atoms with Crippen LogP contribution in [-0.4, -0.2) is 37.0 Å². The lowest BCUT2D eigenvalue weighted by atomic mass is 10.2. The van der Waals surface area contributed by atoms with Gasteiger partial charge in [-0.1, -0.05) is 138 Å². The summed E-state index contributed by atoms with van der Waals surface area (Å²) in [5.41, 5.74) is 0. The molecule has 0 nitrogen and oxygen atoms in total. The van der Waals surface area contributed by atoms with Gasteiger partial charge in [0.05, 0.1) is 0 Å². The molecule has 0 saturated carbocycles. The van der Waals surface area contributed by atoms with Crippen LogP contribution in [0.15, 0.2) is 0 Å². The van der Waals surface area contributed by atoms with Gasteiger partial charge in [0.1, 0.15) is 0 Å². The summed E-state index contributed by atoms with van der Waals surface area (Å²) in [6.07, 6.45) is 40.0. The molecule has 0 atom stereocenters. The van der Waals surface area contributed by atoms with Crippen molar-refractivity contribution in [2.45, 2.75) is 176 Å². The van der Waals surface area contributed by atoms with E-state index in [2.05, 4.69) is 41.5 Å². The Bertz CT molecular complexity index is 292. The van der Waals surface area contributed by atoms with E-state index in [1.54, 1.807) is 37.0 Å². The molecule has 0 aliphatic carbocycles. The third kappa shape index (κ3) is 32.8. The van der Waals surface area contributed by atoms with Gasteiger partial charge in [-0.25, -0.2) is 0 Å². The summed E-state index contributed by atoms with van der Waals surface area (Å²) in [5.74, 6) is 0. The summed E-state index contributed by atoms with van der Waals surface area (Å²) in [4.78, 5) is 0. The molecule has 0 bridgehead atoms. The molecule has 0 unspecified atom stereocenters. The Kier molecular flexibility index (Phi) is 37.9.